The lowest BCUT2D eigenvalue weighted by molar-refractivity contribution is 0.136. The molecule has 0 aromatic carbocycles. The lowest BCUT2D eigenvalue weighted by Gasteiger charge is -2.18. The van der Waals surface area contributed by atoms with Gasteiger partial charge >= 0.3 is 0 Å². The Labute approximate surface area is 117 Å². The van der Waals surface area contributed by atoms with E-state index in [9.17, 15) is 8.78 Å². The van der Waals surface area contributed by atoms with E-state index < -0.39 is 12.2 Å². The van der Waals surface area contributed by atoms with Gasteiger partial charge in [0.15, 0.2) is 0 Å². The summed E-state index contributed by atoms with van der Waals surface area (Å²) in [6.45, 7) is 4.62. The molecule has 0 radical (unpaired) electrons. The molecular weight excluding hydrogens is 286 g/mol. The summed E-state index contributed by atoms with van der Waals surface area (Å²) in [5.41, 5.74) is 5.34. The van der Waals surface area contributed by atoms with E-state index in [0.717, 1.165) is 17.8 Å². The molecule has 0 saturated carbocycles. The minimum atomic E-state index is -2.68. The molecule has 9 heteroatoms. The maximum atomic E-state index is 12.8. The monoisotopic (exact) mass is 298 g/mol. The van der Waals surface area contributed by atoms with Crippen LogP contribution >= 0.6 is 11.8 Å². The molecule has 2 aromatic rings. The largest absolute Gasteiger partial charge is 0.299 e. The van der Waals surface area contributed by atoms with Gasteiger partial charge < -0.3 is 0 Å². The van der Waals surface area contributed by atoms with Crippen molar-refractivity contribution in [2.24, 2.45) is 0 Å². The second-order valence-electron chi connectivity index (χ2n) is 4.22. The van der Waals surface area contributed by atoms with Crippen molar-refractivity contribution in [3.8, 4) is 0 Å². The van der Waals surface area contributed by atoms with Crippen LogP contribution in [0.5, 0.6) is 0 Å². The van der Waals surface area contributed by atoms with Gasteiger partial charge in [0, 0.05) is 23.7 Å². The van der Waals surface area contributed by atoms with Gasteiger partial charge in [-0.3, -0.25) is 10.1 Å². The van der Waals surface area contributed by atoms with Crippen LogP contribution in [0, 0.1) is 6.92 Å². The number of nitrogens with one attached hydrogen (secondary N) is 1. The number of rotatable bonds is 3. The molecule has 1 N–H and O–H groups in total. The second kappa shape index (κ2) is 4.89. The molecule has 3 rings (SSSR count). The fourth-order valence-corrected chi connectivity index (χ4v) is 2.67. The van der Waals surface area contributed by atoms with Gasteiger partial charge in [-0.05, 0) is 13.8 Å². The highest BCUT2D eigenvalue weighted by Gasteiger charge is 2.24. The Morgan fingerprint density at radius 3 is 2.85 bits per heavy atom. The Morgan fingerprint density at radius 2 is 2.20 bits per heavy atom. The van der Waals surface area contributed by atoms with Gasteiger partial charge in [0.1, 0.15) is 0 Å². The molecule has 2 aromatic heterocycles. The predicted octanol–water partition coefficient (Wildman–Crippen LogP) is 2.39. The van der Waals surface area contributed by atoms with Gasteiger partial charge in [0.2, 0.25) is 11.0 Å². The quantitative estimate of drug-likeness (QED) is 0.942. The number of hydrogen-bond acceptors (Lipinski definition) is 5. The van der Waals surface area contributed by atoms with Gasteiger partial charge in [0.05, 0.1) is 11.4 Å². The number of fused-ring (bicyclic) bond motifs is 1. The molecule has 1 aliphatic heterocycles. The van der Waals surface area contributed by atoms with Crippen LogP contribution in [0.1, 0.15) is 30.4 Å². The molecule has 6 nitrogen and oxygen atoms in total. The first-order valence-corrected chi connectivity index (χ1v) is 6.90. The van der Waals surface area contributed by atoms with Crippen molar-refractivity contribution < 1.29 is 8.78 Å². The summed E-state index contributed by atoms with van der Waals surface area (Å²) in [6, 6.07) is 0. The Kier molecular flexibility index (Phi) is 3.20. The van der Waals surface area contributed by atoms with Crippen LogP contribution in [0.25, 0.3) is 5.70 Å². The molecule has 106 valence electrons. The van der Waals surface area contributed by atoms with Gasteiger partial charge in [-0.25, -0.2) is 13.5 Å². The van der Waals surface area contributed by atoms with E-state index in [2.05, 4.69) is 20.7 Å². The molecular formula is C11H12F2N6S. The number of nitrogens with zero attached hydrogens (tertiary/aromatic N) is 5. The van der Waals surface area contributed by atoms with E-state index in [0.29, 0.717) is 10.9 Å². The third kappa shape index (κ3) is 2.07. The van der Waals surface area contributed by atoms with Crippen LogP contribution in [0.3, 0.4) is 0 Å². The van der Waals surface area contributed by atoms with Gasteiger partial charge in [-0.15, -0.1) is 10.2 Å². The van der Waals surface area contributed by atoms with Crippen LogP contribution in [0.4, 0.5) is 8.78 Å². The van der Waals surface area contributed by atoms with Crippen LogP contribution in [-0.2, 0) is 6.54 Å². The summed E-state index contributed by atoms with van der Waals surface area (Å²) in [6.07, 6.45) is -0.797. The molecule has 0 fully saturated rings. The summed E-state index contributed by atoms with van der Waals surface area (Å²) in [7, 11) is 0. The minimum Gasteiger partial charge on any atom is -0.289 e. The lowest BCUT2D eigenvalue weighted by atomic mass is 10.2. The Bertz CT molecular complexity index is 675. The van der Waals surface area contributed by atoms with Crippen molar-refractivity contribution in [3.05, 3.63) is 28.7 Å². The maximum Gasteiger partial charge on any atom is 0.299 e. The summed E-state index contributed by atoms with van der Waals surface area (Å²) < 4.78 is 28.7. The fourth-order valence-electron chi connectivity index (χ4n) is 1.93. The first-order chi connectivity index (χ1) is 9.60. The summed E-state index contributed by atoms with van der Waals surface area (Å²) >= 11 is 1.25. The Balaban J connectivity index is 1.95. The first-order valence-electron chi connectivity index (χ1n) is 6.02. The molecule has 1 aliphatic rings. The molecule has 0 unspecified atom stereocenters. The molecule has 0 bridgehead atoms. The van der Waals surface area contributed by atoms with Crippen molar-refractivity contribution >= 4 is 17.5 Å². The van der Waals surface area contributed by atoms with Gasteiger partial charge in [-0.1, -0.05) is 11.8 Å². The Hall–Kier alpha value is -1.90. The van der Waals surface area contributed by atoms with Crippen molar-refractivity contribution in [1.82, 2.24) is 24.7 Å². The highest BCUT2D eigenvalue weighted by Crippen LogP contribution is 2.31. The molecule has 20 heavy (non-hydrogen) atoms. The Morgan fingerprint density at radius 1 is 1.40 bits per heavy atom. The molecule has 0 atom stereocenters. The SMILES string of the molecule is CCn1cc(C2=CSc3nnc(C(F)F)n3N2)c(C)n1. The zero-order valence-electron chi connectivity index (χ0n) is 10.8. The smallest absolute Gasteiger partial charge is 0.289 e. The number of aromatic nitrogens is 5. The third-order valence-electron chi connectivity index (χ3n) is 2.93. The zero-order valence-corrected chi connectivity index (χ0v) is 11.7. The highest BCUT2D eigenvalue weighted by atomic mass is 32.2. The first kappa shape index (κ1) is 13.1. The zero-order chi connectivity index (χ0) is 14.3. The average molecular weight is 298 g/mol. The van der Waals surface area contributed by atoms with Gasteiger partial charge in [0.25, 0.3) is 6.43 Å². The summed E-state index contributed by atoms with van der Waals surface area (Å²) in [5.74, 6) is -0.390. The molecule has 0 saturated heterocycles. The normalized spacial score (nSPS) is 14.2. The van der Waals surface area contributed by atoms with Crippen molar-refractivity contribution in [3.63, 3.8) is 0 Å². The average Bonchev–Trinajstić information content (AvgIpc) is 3.01. The second-order valence-corrected chi connectivity index (χ2v) is 5.06. The van der Waals surface area contributed by atoms with Crippen molar-refractivity contribution in [2.75, 3.05) is 5.43 Å². The van der Waals surface area contributed by atoms with Crippen molar-refractivity contribution in [2.45, 2.75) is 32.0 Å². The standard InChI is InChI=1S/C11H12F2N6S/c1-3-18-4-7(6(2)16-18)8-5-20-11-15-14-10(9(12)13)19(11)17-8/h4-5,9,17H,3H2,1-2H3. The van der Waals surface area contributed by atoms with Crippen LogP contribution < -0.4 is 5.43 Å². The molecule has 0 aliphatic carbocycles. The number of thioether (sulfide) groups is 1. The predicted molar refractivity (Wildman–Crippen MR) is 70.8 cm³/mol. The number of halogens is 2. The molecule has 0 spiro atoms. The van der Waals surface area contributed by atoms with E-state index in [1.165, 1.54) is 16.4 Å². The lowest BCUT2D eigenvalue weighted by Crippen LogP contribution is -2.20. The van der Waals surface area contributed by atoms with Crippen LogP contribution in [0.15, 0.2) is 16.8 Å². The minimum absolute atomic E-state index is 0.390. The van der Waals surface area contributed by atoms with E-state index in [1.807, 2.05) is 25.5 Å². The number of hydrogen-bond donors (Lipinski definition) is 1. The third-order valence-corrected chi connectivity index (χ3v) is 3.76. The van der Waals surface area contributed by atoms with E-state index in [-0.39, 0.29) is 0 Å². The van der Waals surface area contributed by atoms with Crippen LogP contribution in [0.2, 0.25) is 0 Å². The summed E-state index contributed by atoms with van der Waals surface area (Å²) in [5, 5.41) is 13.8. The molecule has 0 amide bonds. The van der Waals surface area contributed by atoms with E-state index in [1.54, 1.807) is 4.68 Å². The highest BCUT2D eigenvalue weighted by molar-refractivity contribution is 8.02. The fraction of sp³-hybridized carbons (Fsp3) is 0.364. The topological polar surface area (TPSA) is 60.6 Å². The number of aryl methyl sites for hydroxylation is 2. The van der Waals surface area contributed by atoms with E-state index in [4.69, 9.17) is 0 Å². The van der Waals surface area contributed by atoms with E-state index >= 15 is 0 Å². The summed E-state index contributed by atoms with van der Waals surface area (Å²) in [4.78, 5) is 0. The van der Waals surface area contributed by atoms with Gasteiger partial charge in [-0.2, -0.15) is 5.10 Å². The van der Waals surface area contributed by atoms with Crippen LogP contribution in [-0.4, -0.2) is 24.7 Å². The number of alkyl halides is 2. The van der Waals surface area contributed by atoms with Crippen molar-refractivity contribution in [1.29, 1.82) is 0 Å². The maximum absolute atomic E-state index is 12.8. The molecule has 3 heterocycles.